The summed E-state index contributed by atoms with van der Waals surface area (Å²) in [7, 11) is 3.38. The summed E-state index contributed by atoms with van der Waals surface area (Å²) < 4.78 is 6.21. The summed E-state index contributed by atoms with van der Waals surface area (Å²) in [4.78, 5) is 30.8. The number of rotatable bonds is 8. The van der Waals surface area contributed by atoms with Crippen molar-refractivity contribution in [3.8, 4) is 5.75 Å². The molecule has 0 saturated heterocycles. The molecule has 30 heavy (non-hydrogen) atoms. The summed E-state index contributed by atoms with van der Waals surface area (Å²) in [5.74, 6) is 0.487. The molecule has 1 heterocycles. The number of hydrogen-bond acceptors (Lipinski definition) is 5. The van der Waals surface area contributed by atoms with Crippen LogP contribution in [0.5, 0.6) is 5.75 Å². The van der Waals surface area contributed by atoms with E-state index in [2.05, 4.69) is 10.3 Å². The van der Waals surface area contributed by atoms with Crippen molar-refractivity contribution >= 4 is 39.4 Å². The van der Waals surface area contributed by atoms with E-state index in [1.165, 1.54) is 6.08 Å². The van der Waals surface area contributed by atoms with Gasteiger partial charge in [-0.25, -0.2) is 4.98 Å². The largest absolute Gasteiger partial charge is 0.497 e. The first-order valence-corrected chi connectivity index (χ1v) is 10.5. The van der Waals surface area contributed by atoms with Crippen molar-refractivity contribution in [1.82, 2.24) is 15.2 Å². The fraction of sp³-hybridized carbons (Fsp3) is 0.261. The molecule has 156 valence electrons. The number of carbonyl (C=O) groups excluding carboxylic acids is 2. The van der Waals surface area contributed by atoms with Gasteiger partial charge in [0.2, 0.25) is 11.8 Å². The maximum atomic E-state index is 12.5. The number of thiazole rings is 1. The van der Waals surface area contributed by atoms with Crippen LogP contribution < -0.4 is 10.1 Å². The lowest BCUT2D eigenvalue weighted by Gasteiger charge is -2.23. The normalized spacial score (nSPS) is 12.1. The molecule has 0 saturated carbocycles. The average Bonchev–Trinajstić information content (AvgIpc) is 3.21. The van der Waals surface area contributed by atoms with Crippen LogP contribution in [0.25, 0.3) is 16.3 Å². The van der Waals surface area contributed by atoms with Crippen LogP contribution in [0, 0.1) is 0 Å². The number of amides is 2. The minimum absolute atomic E-state index is 0.0406. The number of methoxy groups -OCH3 is 1. The van der Waals surface area contributed by atoms with Crippen LogP contribution in [0.2, 0.25) is 0 Å². The van der Waals surface area contributed by atoms with Crippen LogP contribution in [-0.4, -0.2) is 42.4 Å². The maximum absolute atomic E-state index is 12.5. The molecule has 7 heteroatoms. The van der Waals surface area contributed by atoms with Crippen molar-refractivity contribution < 1.29 is 14.3 Å². The molecule has 1 aromatic heterocycles. The monoisotopic (exact) mass is 423 g/mol. The average molecular weight is 424 g/mol. The third-order valence-electron chi connectivity index (χ3n) is 4.82. The number of fused-ring (bicyclic) bond motifs is 1. The van der Waals surface area contributed by atoms with Gasteiger partial charge in [0, 0.05) is 26.1 Å². The predicted molar refractivity (Wildman–Crippen MR) is 120 cm³/mol. The molecular weight excluding hydrogens is 398 g/mol. The highest BCUT2D eigenvalue weighted by atomic mass is 32.1. The minimum Gasteiger partial charge on any atom is -0.497 e. The number of aromatic nitrogens is 1. The molecule has 2 amide bonds. The molecule has 0 aliphatic carbocycles. The molecule has 0 radical (unpaired) electrons. The second-order valence-corrected chi connectivity index (χ2v) is 7.91. The fourth-order valence-corrected chi connectivity index (χ4v) is 3.93. The summed E-state index contributed by atoms with van der Waals surface area (Å²) in [5, 5.41) is 3.65. The number of benzene rings is 2. The standard InChI is InChI=1S/C23H25N3O3S/c1-16(23-25-19-6-4-5-7-20(19)30-23)26(2)22(28)14-15-24-21(27)13-10-17-8-11-18(29-3)12-9-17/h4-13,16H,14-15H2,1-3H3,(H,24,27)/b13-10+/t16-/m0/s1. The fourth-order valence-electron chi connectivity index (χ4n) is 2.87. The van der Waals surface area contributed by atoms with E-state index in [1.807, 2.05) is 55.5 Å². The first-order chi connectivity index (χ1) is 14.5. The Balaban J connectivity index is 1.46. The molecule has 6 nitrogen and oxygen atoms in total. The van der Waals surface area contributed by atoms with Gasteiger partial charge in [0.05, 0.1) is 23.4 Å². The van der Waals surface area contributed by atoms with Gasteiger partial charge in [-0.05, 0) is 42.8 Å². The van der Waals surface area contributed by atoms with Gasteiger partial charge in [-0.3, -0.25) is 9.59 Å². The molecular formula is C23H25N3O3S. The Morgan fingerprint density at radius 3 is 2.63 bits per heavy atom. The van der Waals surface area contributed by atoms with Crippen LogP contribution in [0.15, 0.2) is 54.6 Å². The second kappa shape index (κ2) is 10.0. The molecule has 1 atom stereocenters. The van der Waals surface area contributed by atoms with E-state index >= 15 is 0 Å². The minimum atomic E-state index is -0.236. The first-order valence-electron chi connectivity index (χ1n) is 9.69. The Morgan fingerprint density at radius 2 is 1.93 bits per heavy atom. The molecule has 2 aromatic carbocycles. The molecule has 3 aromatic rings. The van der Waals surface area contributed by atoms with Crippen LogP contribution >= 0.6 is 11.3 Å². The highest BCUT2D eigenvalue weighted by molar-refractivity contribution is 7.18. The van der Waals surface area contributed by atoms with Gasteiger partial charge in [-0.15, -0.1) is 11.3 Å². The zero-order valence-electron chi connectivity index (χ0n) is 17.3. The number of hydrogen-bond donors (Lipinski definition) is 1. The van der Waals surface area contributed by atoms with Gasteiger partial charge >= 0.3 is 0 Å². The molecule has 1 N–H and O–H groups in total. The van der Waals surface area contributed by atoms with Gasteiger partial charge < -0.3 is 15.0 Å². The van der Waals surface area contributed by atoms with Crippen molar-refractivity contribution in [3.05, 3.63) is 65.2 Å². The van der Waals surface area contributed by atoms with E-state index in [9.17, 15) is 9.59 Å². The summed E-state index contributed by atoms with van der Waals surface area (Å²) in [6.07, 6.45) is 3.41. The maximum Gasteiger partial charge on any atom is 0.244 e. The smallest absolute Gasteiger partial charge is 0.244 e. The van der Waals surface area contributed by atoms with Gasteiger partial charge in [-0.2, -0.15) is 0 Å². The van der Waals surface area contributed by atoms with Gasteiger partial charge in [0.25, 0.3) is 0 Å². The molecule has 0 spiro atoms. The van der Waals surface area contributed by atoms with E-state index in [0.29, 0.717) is 0 Å². The van der Waals surface area contributed by atoms with E-state index < -0.39 is 0 Å². The SMILES string of the molecule is COc1ccc(/C=C/C(=O)NCCC(=O)N(C)[C@@H](C)c2nc3ccccc3s2)cc1. The number of para-hydroxylation sites is 1. The summed E-state index contributed by atoms with van der Waals surface area (Å²) in [5.41, 5.74) is 1.84. The van der Waals surface area contributed by atoms with Crippen LogP contribution in [0.4, 0.5) is 0 Å². The third-order valence-corrected chi connectivity index (χ3v) is 6.03. The zero-order chi connectivity index (χ0) is 21.5. The number of nitrogens with one attached hydrogen (secondary N) is 1. The van der Waals surface area contributed by atoms with Crippen LogP contribution in [-0.2, 0) is 9.59 Å². The highest BCUT2D eigenvalue weighted by Gasteiger charge is 2.20. The summed E-state index contributed by atoms with van der Waals surface area (Å²) >= 11 is 1.59. The lowest BCUT2D eigenvalue weighted by molar-refractivity contribution is -0.131. The Bertz CT molecular complexity index is 1010. The van der Waals surface area contributed by atoms with E-state index in [0.717, 1.165) is 26.5 Å². The van der Waals surface area contributed by atoms with Crippen molar-refractivity contribution in [2.24, 2.45) is 0 Å². The summed E-state index contributed by atoms with van der Waals surface area (Å²) in [6.45, 7) is 2.24. The second-order valence-electron chi connectivity index (χ2n) is 6.85. The highest BCUT2D eigenvalue weighted by Crippen LogP contribution is 2.28. The Labute approximate surface area is 180 Å². The lowest BCUT2D eigenvalue weighted by Crippen LogP contribution is -2.33. The molecule has 0 fully saturated rings. The number of ether oxygens (including phenoxy) is 1. The quantitative estimate of drug-likeness (QED) is 0.555. The number of nitrogens with zero attached hydrogens (tertiary/aromatic N) is 2. The van der Waals surface area contributed by atoms with Crippen molar-refractivity contribution in [2.75, 3.05) is 20.7 Å². The van der Waals surface area contributed by atoms with E-state index in [4.69, 9.17) is 4.74 Å². The summed E-state index contributed by atoms with van der Waals surface area (Å²) in [6, 6.07) is 15.2. The molecule has 0 bridgehead atoms. The van der Waals surface area contributed by atoms with Gasteiger partial charge in [-0.1, -0.05) is 24.3 Å². The Hall–Kier alpha value is -3.19. The van der Waals surface area contributed by atoms with Gasteiger partial charge in [0.15, 0.2) is 0 Å². The topological polar surface area (TPSA) is 71.5 Å². The Kier molecular flexibility index (Phi) is 7.19. The van der Waals surface area contributed by atoms with Crippen molar-refractivity contribution in [1.29, 1.82) is 0 Å². The molecule has 0 aliphatic heterocycles. The van der Waals surface area contributed by atoms with Crippen molar-refractivity contribution in [2.45, 2.75) is 19.4 Å². The predicted octanol–water partition coefficient (Wildman–Crippen LogP) is 4.04. The first kappa shape index (κ1) is 21.5. The Morgan fingerprint density at radius 1 is 1.20 bits per heavy atom. The number of carbonyl (C=O) groups is 2. The molecule has 3 rings (SSSR count). The van der Waals surface area contributed by atoms with Gasteiger partial charge in [0.1, 0.15) is 10.8 Å². The van der Waals surface area contributed by atoms with Crippen LogP contribution in [0.1, 0.15) is 30.0 Å². The zero-order valence-corrected chi connectivity index (χ0v) is 18.1. The van der Waals surface area contributed by atoms with Crippen LogP contribution in [0.3, 0.4) is 0 Å². The van der Waals surface area contributed by atoms with E-state index in [1.54, 1.807) is 36.5 Å². The van der Waals surface area contributed by atoms with E-state index in [-0.39, 0.29) is 30.8 Å². The molecule has 0 unspecified atom stereocenters. The lowest BCUT2D eigenvalue weighted by atomic mass is 10.2. The third kappa shape index (κ3) is 5.45. The molecule has 0 aliphatic rings. The van der Waals surface area contributed by atoms with Crippen molar-refractivity contribution in [3.63, 3.8) is 0 Å².